The number of rotatable bonds is 6. The minimum Gasteiger partial charge on any atom is -0.435 e. The van der Waals surface area contributed by atoms with E-state index in [1.165, 1.54) is 5.56 Å². The molecule has 0 saturated carbocycles. The quantitative estimate of drug-likeness (QED) is 0.795. The first kappa shape index (κ1) is 15.9. The minimum atomic E-state index is -2.79. The molecule has 0 amide bonds. The first-order valence-corrected chi connectivity index (χ1v) is 7.37. The normalized spacial score (nSPS) is 12.4. The predicted molar refractivity (Wildman–Crippen MR) is 82.5 cm³/mol. The second-order valence-corrected chi connectivity index (χ2v) is 5.50. The average Bonchev–Trinajstić information content (AvgIpc) is 2.46. The first-order chi connectivity index (χ1) is 10.1. The van der Waals surface area contributed by atoms with Crippen molar-refractivity contribution >= 4 is 15.9 Å². The predicted octanol–water partition coefficient (Wildman–Crippen LogP) is 4.90. The lowest BCUT2D eigenvalue weighted by molar-refractivity contribution is -0.0498. The Morgan fingerprint density at radius 3 is 2.38 bits per heavy atom. The van der Waals surface area contributed by atoms with E-state index in [0.717, 1.165) is 10.0 Å². The van der Waals surface area contributed by atoms with Gasteiger partial charge in [0.05, 0.1) is 0 Å². The van der Waals surface area contributed by atoms with Gasteiger partial charge in [-0.1, -0.05) is 46.3 Å². The summed E-state index contributed by atoms with van der Waals surface area (Å²) >= 11 is 3.53. The molecule has 2 aromatic carbocycles. The minimum absolute atomic E-state index is 0.174. The van der Waals surface area contributed by atoms with E-state index in [1.807, 2.05) is 18.2 Å². The van der Waals surface area contributed by atoms with Crippen molar-refractivity contribution in [3.63, 3.8) is 0 Å². The molecule has 0 fully saturated rings. The Morgan fingerprint density at radius 2 is 1.76 bits per heavy atom. The zero-order chi connectivity index (χ0) is 15.2. The lowest BCUT2D eigenvalue weighted by Gasteiger charge is -2.16. The van der Waals surface area contributed by atoms with Crippen LogP contribution in [0.15, 0.2) is 53.0 Å². The molecule has 2 rings (SSSR count). The lowest BCUT2D eigenvalue weighted by atomic mass is 10.1. The summed E-state index contributed by atoms with van der Waals surface area (Å²) in [5, 5.41) is 3.40. The molecule has 21 heavy (non-hydrogen) atoms. The van der Waals surface area contributed by atoms with Gasteiger partial charge in [-0.05, 0) is 36.2 Å². The van der Waals surface area contributed by atoms with Crippen molar-refractivity contribution in [3.05, 3.63) is 64.1 Å². The summed E-state index contributed by atoms with van der Waals surface area (Å²) in [6.07, 6.45) is 0. The van der Waals surface area contributed by atoms with Gasteiger partial charge in [0.25, 0.3) is 0 Å². The summed E-state index contributed by atoms with van der Waals surface area (Å²) < 4.78 is 29.5. The third-order valence-corrected chi connectivity index (χ3v) is 3.85. The molecule has 0 heterocycles. The van der Waals surface area contributed by atoms with E-state index < -0.39 is 6.61 Å². The molecule has 0 saturated heterocycles. The summed E-state index contributed by atoms with van der Waals surface area (Å²) in [6.45, 7) is -0.0596. The van der Waals surface area contributed by atoms with E-state index in [2.05, 4.69) is 39.0 Å². The highest BCUT2D eigenvalue weighted by Crippen LogP contribution is 2.23. The summed E-state index contributed by atoms with van der Waals surface area (Å²) in [7, 11) is 0. The molecule has 2 aromatic rings. The molecule has 1 atom stereocenters. The van der Waals surface area contributed by atoms with Gasteiger partial charge in [0.2, 0.25) is 0 Å². The number of ether oxygens (including phenoxy) is 1. The SMILES string of the molecule is C[C@@H](NCc1ccc(OC(F)F)cc1)c1ccccc1Br. The van der Waals surface area contributed by atoms with E-state index in [4.69, 9.17) is 0 Å². The number of hydrogen-bond donors (Lipinski definition) is 1. The monoisotopic (exact) mass is 355 g/mol. The molecule has 0 unspecified atom stereocenters. The molecule has 0 aliphatic heterocycles. The van der Waals surface area contributed by atoms with Crippen molar-refractivity contribution in [2.75, 3.05) is 0 Å². The van der Waals surface area contributed by atoms with Crippen molar-refractivity contribution < 1.29 is 13.5 Å². The molecular formula is C16H16BrF2NO. The van der Waals surface area contributed by atoms with Crippen molar-refractivity contribution in [3.8, 4) is 5.75 Å². The van der Waals surface area contributed by atoms with Crippen LogP contribution in [0, 0.1) is 0 Å². The van der Waals surface area contributed by atoms with E-state index in [-0.39, 0.29) is 11.8 Å². The van der Waals surface area contributed by atoms with Crippen LogP contribution in [0.5, 0.6) is 5.75 Å². The van der Waals surface area contributed by atoms with Gasteiger partial charge in [-0.25, -0.2) is 0 Å². The Kier molecular flexibility index (Phi) is 5.70. The van der Waals surface area contributed by atoms with Crippen LogP contribution in [0.2, 0.25) is 0 Å². The standard InChI is InChI=1S/C16H16BrF2NO/c1-11(14-4-2-3-5-15(14)17)20-10-12-6-8-13(9-7-12)21-16(18)19/h2-9,11,16,20H,10H2,1H3/t11-/m1/s1. The van der Waals surface area contributed by atoms with Crippen LogP contribution in [0.3, 0.4) is 0 Å². The maximum Gasteiger partial charge on any atom is 0.387 e. The summed E-state index contributed by atoms with van der Waals surface area (Å²) in [5.74, 6) is 0.174. The zero-order valence-corrected chi connectivity index (χ0v) is 13.1. The Labute approximate surface area is 131 Å². The van der Waals surface area contributed by atoms with Gasteiger partial charge >= 0.3 is 6.61 Å². The molecule has 0 radical (unpaired) electrons. The van der Waals surface area contributed by atoms with Crippen molar-refractivity contribution in [2.24, 2.45) is 0 Å². The molecule has 0 aliphatic carbocycles. The topological polar surface area (TPSA) is 21.3 Å². The Balaban J connectivity index is 1.92. The van der Waals surface area contributed by atoms with Gasteiger partial charge in [-0.3, -0.25) is 0 Å². The molecule has 0 bridgehead atoms. The summed E-state index contributed by atoms with van der Waals surface area (Å²) in [6, 6.07) is 14.9. The molecular weight excluding hydrogens is 340 g/mol. The molecule has 0 aromatic heterocycles. The van der Waals surface area contributed by atoms with E-state index >= 15 is 0 Å². The summed E-state index contributed by atoms with van der Waals surface area (Å²) in [4.78, 5) is 0. The molecule has 5 heteroatoms. The van der Waals surface area contributed by atoms with Gasteiger partial charge in [-0.2, -0.15) is 8.78 Å². The smallest absolute Gasteiger partial charge is 0.387 e. The first-order valence-electron chi connectivity index (χ1n) is 6.58. The van der Waals surface area contributed by atoms with Crippen LogP contribution >= 0.6 is 15.9 Å². The van der Waals surface area contributed by atoms with Crippen molar-refractivity contribution in [1.82, 2.24) is 5.32 Å². The molecule has 1 N–H and O–H groups in total. The molecule has 0 spiro atoms. The number of halogens is 3. The maximum atomic E-state index is 12.1. The van der Waals surface area contributed by atoms with Crippen LogP contribution in [0.1, 0.15) is 24.1 Å². The Hall–Kier alpha value is -1.46. The largest absolute Gasteiger partial charge is 0.435 e. The molecule has 0 aliphatic rings. The van der Waals surface area contributed by atoms with Gasteiger partial charge in [0.1, 0.15) is 5.75 Å². The highest BCUT2D eigenvalue weighted by Gasteiger charge is 2.08. The second-order valence-electron chi connectivity index (χ2n) is 4.65. The van der Waals surface area contributed by atoms with Gasteiger partial charge < -0.3 is 10.1 Å². The Morgan fingerprint density at radius 1 is 1.10 bits per heavy atom. The highest BCUT2D eigenvalue weighted by molar-refractivity contribution is 9.10. The molecule has 2 nitrogen and oxygen atoms in total. The highest BCUT2D eigenvalue weighted by atomic mass is 79.9. The fraction of sp³-hybridized carbons (Fsp3) is 0.250. The number of benzene rings is 2. The third-order valence-electron chi connectivity index (χ3n) is 3.13. The van der Waals surface area contributed by atoms with Gasteiger partial charge in [-0.15, -0.1) is 0 Å². The van der Waals surface area contributed by atoms with E-state index in [9.17, 15) is 8.78 Å². The van der Waals surface area contributed by atoms with Crippen LogP contribution in [0.4, 0.5) is 8.78 Å². The fourth-order valence-corrected chi connectivity index (χ4v) is 2.62. The zero-order valence-electron chi connectivity index (χ0n) is 11.5. The van der Waals surface area contributed by atoms with Crippen LogP contribution < -0.4 is 10.1 Å². The van der Waals surface area contributed by atoms with E-state index in [1.54, 1.807) is 24.3 Å². The summed E-state index contributed by atoms with van der Waals surface area (Å²) in [5.41, 5.74) is 2.19. The third kappa shape index (κ3) is 4.79. The Bertz CT molecular complexity index is 575. The van der Waals surface area contributed by atoms with Crippen LogP contribution in [0.25, 0.3) is 0 Å². The lowest BCUT2D eigenvalue weighted by Crippen LogP contribution is -2.18. The van der Waals surface area contributed by atoms with E-state index in [0.29, 0.717) is 6.54 Å². The van der Waals surface area contributed by atoms with Crippen LogP contribution in [-0.4, -0.2) is 6.61 Å². The van der Waals surface area contributed by atoms with Crippen LogP contribution in [-0.2, 0) is 6.54 Å². The average molecular weight is 356 g/mol. The number of alkyl halides is 2. The van der Waals surface area contributed by atoms with Gasteiger partial charge in [0, 0.05) is 17.1 Å². The van der Waals surface area contributed by atoms with Gasteiger partial charge in [0.15, 0.2) is 0 Å². The number of hydrogen-bond acceptors (Lipinski definition) is 2. The van der Waals surface area contributed by atoms with Crippen molar-refractivity contribution in [2.45, 2.75) is 26.1 Å². The maximum absolute atomic E-state index is 12.1. The fourth-order valence-electron chi connectivity index (χ4n) is 2.00. The second kappa shape index (κ2) is 7.52. The van der Waals surface area contributed by atoms with Crippen molar-refractivity contribution in [1.29, 1.82) is 0 Å². The number of nitrogens with one attached hydrogen (secondary N) is 1. The molecule has 112 valence electrons.